The van der Waals surface area contributed by atoms with E-state index in [1.165, 1.54) is 35.2 Å². The fourth-order valence-corrected chi connectivity index (χ4v) is 4.17. The Morgan fingerprint density at radius 1 is 1.28 bits per heavy atom. The van der Waals surface area contributed by atoms with Crippen LogP contribution in [0.25, 0.3) is 11.3 Å². The molecule has 4 aromatic rings. The molecule has 0 aliphatic carbocycles. The van der Waals surface area contributed by atoms with E-state index in [-0.39, 0.29) is 11.7 Å². The van der Waals surface area contributed by atoms with Crippen LogP contribution in [0.15, 0.2) is 63.6 Å². The van der Waals surface area contributed by atoms with Gasteiger partial charge in [-0.15, -0.1) is 11.3 Å². The molecule has 1 aromatic carbocycles. The molecule has 3 aromatic heterocycles. The highest BCUT2D eigenvalue weighted by Crippen LogP contribution is 2.28. The maximum Gasteiger partial charge on any atom is 0.260 e. The van der Waals surface area contributed by atoms with Gasteiger partial charge in [-0.25, -0.2) is 14.4 Å². The summed E-state index contributed by atoms with van der Waals surface area (Å²) in [6.07, 6.45) is 1.64. The predicted molar refractivity (Wildman–Crippen MR) is 110 cm³/mol. The largest absolute Gasteiger partial charge is 0.361 e. The molecule has 4 rings (SSSR count). The SMILES string of the molecule is Cc1cc(CSc2ncccc2C(=O)Nc2nc(-c3cccc(F)c3)cs2)no1. The van der Waals surface area contributed by atoms with Gasteiger partial charge in [0.2, 0.25) is 0 Å². The topological polar surface area (TPSA) is 80.9 Å². The van der Waals surface area contributed by atoms with Gasteiger partial charge in [-0.3, -0.25) is 10.1 Å². The van der Waals surface area contributed by atoms with E-state index in [4.69, 9.17) is 4.52 Å². The Bertz CT molecular complexity index is 1160. The van der Waals surface area contributed by atoms with Crippen molar-refractivity contribution in [1.82, 2.24) is 15.1 Å². The fourth-order valence-electron chi connectivity index (χ4n) is 2.58. The van der Waals surface area contributed by atoms with Crippen molar-refractivity contribution in [3.05, 3.63) is 76.9 Å². The average molecular weight is 426 g/mol. The number of rotatable bonds is 6. The number of carbonyl (C=O) groups is 1. The van der Waals surface area contributed by atoms with Crippen LogP contribution in [0, 0.1) is 12.7 Å². The molecule has 0 unspecified atom stereocenters. The van der Waals surface area contributed by atoms with E-state index >= 15 is 0 Å². The number of aromatic nitrogens is 3. The minimum absolute atomic E-state index is 0.308. The van der Waals surface area contributed by atoms with Gasteiger partial charge < -0.3 is 4.52 Å². The minimum atomic E-state index is -0.333. The summed E-state index contributed by atoms with van der Waals surface area (Å²) in [7, 11) is 0. The Morgan fingerprint density at radius 3 is 2.97 bits per heavy atom. The van der Waals surface area contributed by atoms with Crippen molar-refractivity contribution in [3.8, 4) is 11.3 Å². The predicted octanol–water partition coefficient (Wildman–Crippen LogP) is 5.19. The minimum Gasteiger partial charge on any atom is -0.361 e. The molecule has 0 aliphatic heterocycles. The summed E-state index contributed by atoms with van der Waals surface area (Å²) in [5.41, 5.74) is 2.48. The Balaban J connectivity index is 1.47. The number of nitrogens with one attached hydrogen (secondary N) is 1. The summed E-state index contributed by atoms with van der Waals surface area (Å²) in [6, 6.07) is 11.4. The number of carbonyl (C=O) groups excluding carboxylic acids is 1. The molecule has 0 spiro atoms. The number of aryl methyl sites for hydroxylation is 1. The lowest BCUT2D eigenvalue weighted by atomic mass is 10.2. The summed E-state index contributed by atoms with van der Waals surface area (Å²) >= 11 is 2.68. The quantitative estimate of drug-likeness (QED) is 0.428. The molecule has 0 saturated carbocycles. The summed E-state index contributed by atoms with van der Waals surface area (Å²) in [5, 5.41) is 9.54. The first-order valence-corrected chi connectivity index (χ1v) is 10.5. The maximum absolute atomic E-state index is 13.4. The third kappa shape index (κ3) is 4.69. The zero-order valence-corrected chi connectivity index (χ0v) is 16.9. The molecule has 1 amide bonds. The molecule has 9 heteroatoms. The lowest BCUT2D eigenvalue weighted by molar-refractivity contribution is 0.102. The lowest BCUT2D eigenvalue weighted by Gasteiger charge is -2.06. The Kier molecular flexibility index (Phi) is 5.68. The van der Waals surface area contributed by atoms with Crippen LogP contribution in [0.4, 0.5) is 9.52 Å². The third-order valence-corrected chi connectivity index (χ3v) is 5.69. The molecule has 0 fully saturated rings. The van der Waals surface area contributed by atoms with Crippen LogP contribution in [0.3, 0.4) is 0 Å². The highest BCUT2D eigenvalue weighted by atomic mass is 32.2. The Hall–Kier alpha value is -3.04. The van der Waals surface area contributed by atoms with Crippen LogP contribution < -0.4 is 5.32 Å². The molecule has 0 saturated heterocycles. The standard InChI is InChI=1S/C20H15FN4O2S2/c1-12-8-15(25-27-12)10-28-19-16(6-3-7-22-19)18(26)24-20-23-17(11-29-20)13-4-2-5-14(21)9-13/h2-9,11H,10H2,1H3,(H,23,24,26). The zero-order valence-electron chi connectivity index (χ0n) is 15.3. The van der Waals surface area contributed by atoms with Gasteiger partial charge in [0, 0.05) is 29.0 Å². The molecule has 3 heterocycles. The van der Waals surface area contributed by atoms with Crippen LogP contribution in [0.2, 0.25) is 0 Å². The van der Waals surface area contributed by atoms with Crippen molar-refractivity contribution in [2.75, 3.05) is 5.32 Å². The zero-order chi connectivity index (χ0) is 20.2. The van der Waals surface area contributed by atoms with Gasteiger partial charge in [-0.1, -0.05) is 29.1 Å². The number of amides is 1. The highest BCUT2D eigenvalue weighted by Gasteiger charge is 2.16. The van der Waals surface area contributed by atoms with Crippen molar-refractivity contribution in [2.45, 2.75) is 17.7 Å². The van der Waals surface area contributed by atoms with Crippen molar-refractivity contribution in [3.63, 3.8) is 0 Å². The van der Waals surface area contributed by atoms with E-state index < -0.39 is 0 Å². The molecular formula is C20H15FN4O2S2. The van der Waals surface area contributed by atoms with Gasteiger partial charge in [0.1, 0.15) is 16.6 Å². The number of hydrogen-bond donors (Lipinski definition) is 1. The number of halogens is 1. The molecule has 1 N–H and O–H groups in total. The van der Waals surface area contributed by atoms with Crippen LogP contribution in [-0.4, -0.2) is 21.0 Å². The van der Waals surface area contributed by atoms with Gasteiger partial charge in [0.25, 0.3) is 5.91 Å². The molecule has 0 radical (unpaired) electrons. The monoisotopic (exact) mass is 426 g/mol. The van der Waals surface area contributed by atoms with E-state index in [2.05, 4.69) is 20.4 Å². The van der Waals surface area contributed by atoms with E-state index in [0.29, 0.717) is 32.7 Å². The van der Waals surface area contributed by atoms with Crippen molar-refractivity contribution in [1.29, 1.82) is 0 Å². The summed E-state index contributed by atoms with van der Waals surface area (Å²) in [5.74, 6) is 0.630. The molecule has 0 aliphatic rings. The Labute approximate surface area is 174 Å². The van der Waals surface area contributed by atoms with Crippen LogP contribution in [-0.2, 0) is 5.75 Å². The lowest BCUT2D eigenvalue weighted by Crippen LogP contribution is -2.13. The van der Waals surface area contributed by atoms with E-state index in [1.54, 1.807) is 35.8 Å². The summed E-state index contributed by atoms with van der Waals surface area (Å²) in [6.45, 7) is 1.83. The second kappa shape index (κ2) is 8.54. The maximum atomic E-state index is 13.4. The first kappa shape index (κ1) is 19.3. The smallest absolute Gasteiger partial charge is 0.260 e. The van der Waals surface area contributed by atoms with Crippen LogP contribution in [0.1, 0.15) is 21.8 Å². The number of thioether (sulfide) groups is 1. The van der Waals surface area contributed by atoms with E-state index in [1.807, 2.05) is 13.0 Å². The normalized spacial score (nSPS) is 10.8. The average Bonchev–Trinajstić information content (AvgIpc) is 3.35. The second-order valence-electron chi connectivity index (χ2n) is 6.08. The van der Waals surface area contributed by atoms with Crippen LogP contribution >= 0.6 is 23.1 Å². The second-order valence-corrected chi connectivity index (χ2v) is 7.90. The molecule has 146 valence electrons. The first-order valence-electron chi connectivity index (χ1n) is 8.61. The van der Waals surface area contributed by atoms with E-state index in [9.17, 15) is 9.18 Å². The number of thiazole rings is 1. The van der Waals surface area contributed by atoms with Gasteiger partial charge in [0.05, 0.1) is 17.0 Å². The third-order valence-electron chi connectivity index (χ3n) is 3.89. The molecule has 0 bridgehead atoms. The number of pyridine rings is 1. The summed E-state index contributed by atoms with van der Waals surface area (Å²) in [4.78, 5) is 21.5. The number of anilines is 1. The van der Waals surface area contributed by atoms with Gasteiger partial charge in [-0.05, 0) is 31.2 Å². The number of hydrogen-bond acceptors (Lipinski definition) is 7. The molecular weight excluding hydrogens is 411 g/mol. The summed E-state index contributed by atoms with van der Waals surface area (Å²) < 4.78 is 18.5. The highest BCUT2D eigenvalue weighted by molar-refractivity contribution is 7.98. The number of benzene rings is 1. The van der Waals surface area contributed by atoms with Crippen molar-refractivity contribution in [2.24, 2.45) is 0 Å². The van der Waals surface area contributed by atoms with Gasteiger partial charge in [0.15, 0.2) is 5.13 Å². The van der Waals surface area contributed by atoms with Crippen molar-refractivity contribution < 1.29 is 13.7 Å². The fraction of sp³-hybridized carbons (Fsp3) is 0.100. The molecule has 29 heavy (non-hydrogen) atoms. The van der Waals surface area contributed by atoms with Crippen molar-refractivity contribution >= 4 is 34.1 Å². The number of nitrogens with zero attached hydrogens (tertiary/aromatic N) is 3. The molecule has 6 nitrogen and oxygen atoms in total. The van der Waals surface area contributed by atoms with Gasteiger partial charge in [-0.2, -0.15) is 0 Å². The first-order chi connectivity index (χ1) is 14.1. The van der Waals surface area contributed by atoms with Gasteiger partial charge >= 0.3 is 0 Å². The van der Waals surface area contributed by atoms with Crippen LogP contribution in [0.5, 0.6) is 0 Å². The Morgan fingerprint density at radius 2 is 2.17 bits per heavy atom. The molecule has 0 atom stereocenters. The van der Waals surface area contributed by atoms with E-state index in [0.717, 1.165) is 11.5 Å².